The summed E-state index contributed by atoms with van der Waals surface area (Å²) in [6.45, 7) is 12.2. The Kier molecular flexibility index (Phi) is 3.94. The molecule has 0 amide bonds. The van der Waals surface area contributed by atoms with Crippen molar-refractivity contribution in [3.05, 3.63) is 13.8 Å². The molecule has 8 heavy (non-hydrogen) atoms. The van der Waals surface area contributed by atoms with Gasteiger partial charge in [-0.25, -0.2) is 0 Å². The minimum atomic E-state index is 0.604. The molecule has 0 saturated carbocycles. The zero-order chi connectivity index (χ0) is 6.57. The standard InChI is InChI=1S/C8H16/c1-5-7(3)8(4)6-2/h7-8H,1,4-6H2,2-3H3. The van der Waals surface area contributed by atoms with Crippen molar-refractivity contribution in [3.8, 4) is 0 Å². The zero-order valence-corrected chi connectivity index (χ0v) is 5.98. The molecule has 0 aliphatic carbocycles. The lowest BCUT2D eigenvalue weighted by Gasteiger charge is -2.14. The molecule has 0 nitrogen and oxygen atoms in total. The number of rotatable bonds is 3. The molecule has 2 unspecified atom stereocenters. The van der Waals surface area contributed by atoms with Gasteiger partial charge in [0.1, 0.15) is 0 Å². The summed E-state index contributed by atoms with van der Waals surface area (Å²) in [5, 5.41) is 0. The molecule has 2 radical (unpaired) electrons. The minimum Gasteiger partial charge on any atom is -0.0651 e. The van der Waals surface area contributed by atoms with Gasteiger partial charge in [-0.05, 0) is 18.8 Å². The van der Waals surface area contributed by atoms with Crippen LogP contribution in [-0.4, -0.2) is 0 Å². The zero-order valence-electron chi connectivity index (χ0n) is 5.98. The van der Waals surface area contributed by atoms with Crippen LogP contribution in [0.2, 0.25) is 0 Å². The molecule has 48 valence electrons. The van der Waals surface area contributed by atoms with E-state index in [1.165, 1.54) is 6.42 Å². The van der Waals surface area contributed by atoms with Crippen LogP contribution in [0.3, 0.4) is 0 Å². The van der Waals surface area contributed by atoms with Gasteiger partial charge in [-0.1, -0.05) is 33.6 Å². The predicted molar refractivity (Wildman–Crippen MR) is 38.3 cm³/mol. The van der Waals surface area contributed by atoms with Crippen LogP contribution in [0.1, 0.15) is 26.7 Å². The molecule has 0 aromatic carbocycles. The second-order valence-electron chi connectivity index (χ2n) is 2.43. The van der Waals surface area contributed by atoms with Crippen LogP contribution in [0.25, 0.3) is 0 Å². The van der Waals surface area contributed by atoms with Crippen LogP contribution in [0.5, 0.6) is 0 Å². The molecule has 0 aliphatic rings. The molecule has 0 aromatic rings. The molecule has 0 bridgehead atoms. The first-order valence-electron chi connectivity index (χ1n) is 3.34. The highest BCUT2D eigenvalue weighted by Gasteiger charge is 2.05. The van der Waals surface area contributed by atoms with Gasteiger partial charge >= 0.3 is 0 Å². The van der Waals surface area contributed by atoms with Gasteiger partial charge in [0, 0.05) is 0 Å². The van der Waals surface area contributed by atoms with Crippen LogP contribution in [0.4, 0.5) is 0 Å². The van der Waals surface area contributed by atoms with Crippen molar-refractivity contribution in [2.24, 2.45) is 11.8 Å². The third-order valence-corrected chi connectivity index (χ3v) is 1.78. The maximum atomic E-state index is 3.99. The van der Waals surface area contributed by atoms with Crippen molar-refractivity contribution >= 4 is 0 Å². The molecular formula is C8H16. The lowest BCUT2D eigenvalue weighted by atomic mass is 9.92. The number of hydrogen-bond acceptors (Lipinski definition) is 0. The van der Waals surface area contributed by atoms with Crippen molar-refractivity contribution in [2.45, 2.75) is 26.7 Å². The van der Waals surface area contributed by atoms with Crippen LogP contribution in [0.15, 0.2) is 0 Å². The minimum absolute atomic E-state index is 0.604. The van der Waals surface area contributed by atoms with Crippen molar-refractivity contribution in [2.75, 3.05) is 0 Å². The normalized spacial score (nSPS) is 18.0. The molecular weight excluding hydrogens is 96.1 g/mol. The van der Waals surface area contributed by atoms with Gasteiger partial charge in [-0.3, -0.25) is 0 Å². The van der Waals surface area contributed by atoms with Crippen molar-refractivity contribution in [1.29, 1.82) is 0 Å². The Morgan fingerprint density at radius 3 is 2.12 bits per heavy atom. The summed E-state index contributed by atoms with van der Waals surface area (Å²) < 4.78 is 0. The van der Waals surface area contributed by atoms with Gasteiger partial charge in [0.15, 0.2) is 0 Å². The van der Waals surface area contributed by atoms with Gasteiger partial charge in [-0.15, -0.1) is 0 Å². The van der Waals surface area contributed by atoms with E-state index >= 15 is 0 Å². The molecule has 0 N–H and O–H groups in total. The van der Waals surface area contributed by atoms with Gasteiger partial charge in [-0.2, -0.15) is 0 Å². The summed E-state index contributed by atoms with van der Waals surface area (Å²) in [6, 6.07) is 0. The summed E-state index contributed by atoms with van der Waals surface area (Å²) in [6.07, 6.45) is 2.19. The molecule has 0 heteroatoms. The largest absolute Gasteiger partial charge is 0.0651 e. The molecule has 0 fully saturated rings. The smallest absolute Gasteiger partial charge is 0.0391 e. The average Bonchev–Trinajstić information content (AvgIpc) is 1.84. The fraction of sp³-hybridized carbons (Fsp3) is 0.750. The SMILES string of the molecule is [CH2]CC(C)C([CH2])CC. The summed E-state index contributed by atoms with van der Waals surface area (Å²) in [7, 11) is 0. The molecule has 0 heterocycles. The van der Waals surface area contributed by atoms with Gasteiger partial charge < -0.3 is 0 Å². The summed E-state index contributed by atoms with van der Waals surface area (Å²) in [5.41, 5.74) is 0. The first-order chi connectivity index (χ1) is 3.72. The van der Waals surface area contributed by atoms with Crippen LogP contribution in [0, 0.1) is 25.7 Å². The highest BCUT2D eigenvalue weighted by molar-refractivity contribution is 4.66. The van der Waals surface area contributed by atoms with Gasteiger partial charge in [0.25, 0.3) is 0 Å². The molecule has 2 atom stereocenters. The summed E-state index contributed by atoms with van der Waals surface area (Å²) in [4.78, 5) is 0. The summed E-state index contributed by atoms with van der Waals surface area (Å²) >= 11 is 0. The van der Waals surface area contributed by atoms with E-state index in [0.717, 1.165) is 6.42 Å². The Hall–Kier alpha value is 0. The van der Waals surface area contributed by atoms with E-state index in [4.69, 9.17) is 0 Å². The van der Waals surface area contributed by atoms with E-state index in [1.54, 1.807) is 0 Å². The Balaban J connectivity index is 3.29. The highest BCUT2D eigenvalue weighted by atomic mass is 14.1. The number of hydrogen-bond donors (Lipinski definition) is 0. The third kappa shape index (κ3) is 2.34. The van der Waals surface area contributed by atoms with Crippen molar-refractivity contribution in [3.63, 3.8) is 0 Å². The fourth-order valence-corrected chi connectivity index (χ4v) is 0.638. The van der Waals surface area contributed by atoms with E-state index in [0.29, 0.717) is 11.8 Å². The first-order valence-corrected chi connectivity index (χ1v) is 3.34. The predicted octanol–water partition coefficient (Wildman–Crippen LogP) is 2.71. The molecule has 0 spiro atoms. The Morgan fingerprint density at radius 1 is 1.50 bits per heavy atom. The average molecular weight is 112 g/mol. The van der Waals surface area contributed by atoms with Crippen LogP contribution < -0.4 is 0 Å². The monoisotopic (exact) mass is 112 g/mol. The van der Waals surface area contributed by atoms with E-state index in [1.807, 2.05) is 0 Å². The van der Waals surface area contributed by atoms with E-state index in [9.17, 15) is 0 Å². The maximum absolute atomic E-state index is 3.99. The second kappa shape index (κ2) is 3.94. The van der Waals surface area contributed by atoms with Gasteiger partial charge in [0.2, 0.25) is 0 Å². The Morgan fingerprint density at radius 2 is 2.00 bits per heavy atom. The van der Waals surface area contributed by atoms with Crippen LogP contribution in [-0.2, 0) is 0 Å². The second-order valence-corrected chi connectivity index (χ2v) is 2.43. The first kappa shape index (κ1) is 8.00. The Bertz CT molecular complexity index is 40.0. The quantitative estimate of drug-likeness (QED) is 0.526. The summed E-state index contributed by atoms with van der Waals surface area (Å²) in [5.74, 6) is 1.30. The van der Waals surface area contributed by atoms with Crippen LogP contribution >= 0.6 is 0 Å². The lowest BCUT2D eigenvalue weighted by molar-refractivity contribution is 0.417. The molecule has 0 saturated heterocycles. The van der Waals surface area contributed by atoms with Crippen molar-refractivity contribution in [1.82, 2.24) is 0 Å². The third-order valence-electron chi connectivity index (χ3n) is 1.78. The topological polar surface area (TPSA) is 0 Å². The van der Waals surface area contributed by atoms with Gasteiger partial charge in [0.05, 0.1) is 0 Å². The van der Waals surface area contributed by atoms with Crippen molar-refractivity contribution < 1.29 is 0 Å². The molecule has 0 aromatic heterocycles. The Labute approximate surface area is 53.3 Å². The van der Waals surface area contributed by atoms with E-state index in [2.05, 4.69) is 27.7 Å². The highest BCUT2D eigenvalue weighted by Crippen LogP contribution is 2.15. The fourth-order valence-electron chi connectivity index (χ4n) is 0.638. The lowest BCUT2D eigenvalue weighted by Crippen LogP contribution is -2.04. The molecule has 0 aliphatic heterocycles. The molecule has 0 rings (SSSR count). The van der Waals surface area contributed by atoms with E-state index in [-0.39, 0.29) is 0 Å². The maximum Gasteiger partial charge on any atom is -0.0391 e. The van der Waals surface area contributed by atoms with E-state index < -0.39 is 0 Å².